The number of benzene rings is 2. The van der Waals surface area contributed by atoms with E-state index in [2.05, 4.69) is 16.7 Å². The number of anilines is 1. The molecule has 132 valence electrons. The summed E-state index contributed by atoms with van der Waals surface area (Å²) in [7, 11) is 0. The van der Waals surface area contributed by atoms with Crippen molar-refractivity contribution >= 4 is 17.5 Å². The van der Waals surface area contributed by atoms with Crippen LogP contribution in [0.1, 0.15) is 29.5 Å². The third-order valence-electron chi connectivity index (χ3n) is 4.23. The van der Waals surface area contributed by atoms with Crippen LogP contribution in [0.2, 0.25) is 0 Å². The molecule has 0 aromatic heterocycles. The summed E-state index contributed by atoms with van der Waals surface area (Å²) >= 11 is 0. The number of carbonyl (C=O) groups is 2. The average molecular weight is 349 g/mol. The second-order valence-corrected chi connectivity index (χ2v) is 6.23. The van der Waals surface area contributed by atoms with Crippen molar-refractivity contribution in [1.29, 1.82) is 5.26 Å². The summed E-state index contributed by atoms with van der Waals surface area (Å²) in [6, 6.07) is 14.3. The van der Waals surface area contributed by atoms with Crippen LogP contribution in [0.25, 0.3) is 0 Å². The minimum Gasteiger partial charge on any atom is -0.489 e. The first-order chi connectivity index (χ1) is 12.5. The maximum absolute atomic E-state index is 12.2. The number of hydrogen-bond donors (Lipinski definition) is 2. The summed E-state index contributed by atoms with van der Waals surface area (Å²) in [5, 5.41) is 14.4. The zero-order valence-electron chi connectivity index (χ0n) is 14.4. The number of nitrogens with zero attached hydrogens (tertiary/aromatic N) is 1. The number of nitrogens with one attached hydrogen (secondary N) is 2. The quantitative estimate of drug-likeness (QED) is 0.868. The van der Waals surface area contributed by atoms with Gasteiger partial charge in [-0.05, 0) is 54.8 Å². The fraction of sp³-hybridized carbons (Fsp3) is 0.250. The van der Waals surface area contributed by atoms with E-state index in [0.29, 0.717) is 36.4 Å². The number of carbonyl (C=O) groups excluding carboxylic acids is 2. The Labute approximate surface area is 151 Å². The summed E-state index contributed by atoms with van der Waals surface area (Å²) in [6.45, 7) is 2.24. The van der Waals surface area contributed by atoms with Gasteiger partial charge in [0.15, 0.2) is 0 Å². The molecular weight excluding hydrogens is 330 g/mol. The highest BCUT2D eigenvalue weighted by Gasteiger charge is 2.27. The number of rotatable bonds is 5. The number of ether oxygens (including phenoxy) is 1. The first-order valence-corrected chi connectivity index (χ1v) is 8.38. The van der Waals surface area contributed by atoms with Crippen molar-refractivity contribution in [3.63, 3.8) is 0 Å². The zero-order valence-corrected chi connectivity index (χ0v) is 14.4. The molecule has 1 atom stereocenters. The molecule has 1 aliphatic heterocycles. The maximum atomic E-state index is 12.2. The maximum Gasteiger partial charge on any atom is 0.246 e. The van der Waals surface area contributed by atoms with Crippen LogP contribution in [-0.4, -0.2) is 17.9 Å². The third-order valence-corrected chi connectivity index (χ3v) is 4.23. The molecule has 2 amide bonds. The van der Waals surface area contributed by atoms with Gasteiger partial charge in [0, 0.05) is 12.1 Å². The summed E-state index contributed by atoms with van der Waals surface area (Å²) in [5.74, 6) is 0.379. The minimum atomic E-state index is -0.467. The standard InChI is InChI=1S/C20H19N3O3/c1-13-9-16(26-12-15-4-2-3-14(10-15)11-21)5-6-17(13)23-20(25)18-7-8-19(24)22-18/h2-6,9-10,18H,7-8,12H2,1H3,(H,22,24)(H,23,25). The summed E-state index contributed by atoms with van der Waals surface area (Å²) in [5.41, 5.74) is 3.07. The number of aryl methyl sites for hydroxylation is 1. The molecular formula is C20H19N3O3. The molecule has 2 aromatic rings. The van der Waals surface area contributed by atoms with Gasteiger partial charge in [0.2, 0.25) is 11.8 Å². The molecule has 0 saturated carbocycles. The van der Waals surface area contributed by atoms with E-state index in [4.69, 9.17) is 10.00 Å². The second-order valence-electron chi connectivity index (χ2n) is 6.23. The van der Waals surface area contributed by atoms with E-state index >= 15 is 0 Å². The molecule has 1 saturated heterocycles. The lowest BCUT2D eigenvalue weighted by Crippen LogP contribution is -2.37. The highest BCUT2D eigenvalue weighted by Crippen LogP contribution is 2.23. The van der Waals surface area contributed by atoms with E-state index in [9.17, 15) is 9.59 Å². The van der Waals surface area contributed by atoms with Crippen molar-refractivity contribution in [2.75, 3.05) is 5.32 Å². The Bertz CT molecular complexity index is 886. The van der Waals surface area contributed by atoms with Crippen molar-refractivity contribution in [3.05, 3.63) is 59.2 Å². The van der Waals surface area contributed by atoms with Gasteiger partial charge in [-0.3, -0.25) is 9.59 Å². The largest absolute Gasteiger partial charge is 0.489 e. The van der Waals surface area contributed by atoms with Crippen LogP contribution in [0.15, 0.2) is 42.5 Å². The molecule has 1 fully saturated rings. The Morgan fingerprint density at radius 1 is 1.35 bits per heavy atom. The van der Waals surface area contributed by atoms with Crippen LogP contribution in [0.4, 0.5) is 5.69 Å². The number of nitriles is 1. The molecule has 6 heteroatoms. The highest BCUT2D eigenvalue weighted by molar-refractivity contribution is 5.99. The molecule has 2 aromatic carbocycles. The van der Waals surface area contributed by atoms with E-state index in [0.717, 1.165) is 11.1 Å². The fourth-order valence-electron chi connectivity index (χ4n) is 2.79. The van der Waals surface area contributed by atoms with Gasteiger partial charge in [-0.15, -0.1) is 0 Å². The summed E-state index contributed by atoms with van der Waals surface area (Å²) < 4.78 is 5.77. The Morgan fingerprint density at radius 3 is 2.88 bits per heavy atom. The normalized spacial score (nSPS) is 15.8. The van der Waals surface area contributed by atoms with Crippen LogP contribution in [-0.2, 0) is 16.2 Å². The molecule has 3 rings (SSSR count). The summed E-state index contributed by atoms with van der Waals surface area (Å²) in [4.78, 5) is 23.4. The minimum absolute atomic E-state index is 0.0916. The van der Waals surface area contributed by atoms with E-state index in [1.807, 2.05) is 25.1 Å². The Balaban J connectivity index is 1.61. The zero-order chi connectivity index (χ0) is 18.5. The van der Waals surface area contributed by atoms with Gasteiger partial charge in [0.05, 0.1) is 11.6 Å². The monoisotopic (exact) mass is 349 g/mol. The van der Waals surface area contributed by atoms with Crippen LogP contribution in [0.5, 0.6) is 5.75 Å². The van der Waals surface area contributed by atoms with E-state index in [-0.39, 0.29) is 11.8 Å². The lowest BCUT2D eigenvalue weighted by atomic mass is 10.1. The van der Waals surface area contributed by atoms with Gasteiger partial charge in [0.1, 0.15) is 18.4 Å². The molecule has 0 radical (unpaired) electrons. The number of amides is 2. The molecule has 26 heavy (non-hydrogen) atoms. The molecule has 0 aliphatic carbocycles. The third kappa shape index (κ3) is 4.19. The molecule has 6 nitrogen and oxygen atoms in total. The predicted molar refractivity (Wildman–Crippen MR) is 96.5 cm³/mol. The number of hydrogen-bond acceptors (Lipinski definition) is 4. The van der Waals surface area contributed by atoms with Gasteiger partial charge in [-0.2, -0.15) is 5.26 Å². The Kier molecular flexibility index (Phi) is 5.18. The second kappa shape index (κ2) is 7.70. The first-order valence-electron chi connectivity index (χ1n) is 8.38. The average Bonchev–Trinajstić information content (AvgIpc) is 3.08. The smallest absolute Gasteiger partial charge is 0.246 e. The first kappa shape index (κ1) is 17.5. The lowest BCUT2D eigenvalue weighted by molar-refractivity contribution is -0.122. The van der Waals surface area contributed by atoms with Crippen molar-refractivity contribution in [1.82, 2.24) is 5.32 Å². The Morgan fingerprint density at radius 2 is 2.19 bits per heavy atom. The molecule has 2 N–H and O–H groups in total. The van der Waals surface area contributed by atoms with Gasteiger partial charge in [-0.1, -0.05) is 12.1 Å². The lowest BCUT2D eigenvalue weighted by Gasteiger charge is -2.14. The summed E-state index contributed by atoms with van der Waals surface area (Å²) in [6.07, 6.45) is 0.906. The van der Waals surface area contributed by atoms with Gasteiger partial charge in [-0.25, -0.2) is 0 Å². The molecule has 0 bridgehead atoms. The Hall–Kier alpha value is -3.33. The molecule has 0 spiro atoms. The van der Waals surface area contributed by atoms with Crippen molar-refractivity contribution in [2.45, 2.75) is 32.4 Å². The predicted octanol–water partition coefficient (Wildman–Crippen LogP) is 2.66. The van der Waals surface area contributed by atoms with Crippen LogP contribution < -0.4 is 15.4 Å². The van der Waals surface area contributed by atoms with Gasteiger partial charge in [0.25, 0.3) is 0 Å². The SMILES string of the molecule is Cc1cc(OCc2cccc(C#N)c2)ccc1NC(=O)C1CCC(=O)N1. The van der Waals surface area contributed by atoms with Crippen molar-refractivity contribution < 1.29 is 14.3 Å². The fourth-order valence-corrected chi connectivity index (χ4v) is 2.79. The van der Waals surface area contributed by atoms with E-state index < -0.39 is 6.04 Å². The van der Waals surface area contributed by atoms with Crippen LogP contribution in [0, 0.1) is 18.3 Å². The van der Waals surface area contributed by atoms with Crippen LogP contribution >= 0.6 is 0 Å². The highest BCUT2D eigenvalue weighted by atomic mass is 16.5. The van der Waals surface area contributed by atoms with Gasteiger partial charge < -0.3 is 15.4 Å². The van der Waals surface area contributed by atoms with Crippen molar-refractivity contribution in [2.24, 2.45) is 0 Å². The van der Waals surface area contributed by atoms with Gasteiger partial charge >= 0.3 is 0 Å². The molecule has 1 unspecified atom stereocenters. The van der Waals surface area contributed by atoms with E-state index in [1.165, 1.54) is 0 Å². The van der Waals surface area contributed by atoms with E-state index in [1.54, 1.807) is 24.3 Å². The van der Waals surface area contributed by atoms with Crippen molar-refractivity contribution in [3.8, 4) is 11.8 Å². The topological polar surface area (TPSA) is 91.2 Å². The molecule has 1 heterocycles. The van der Waals surface area contributed by atoms with Crippen LogP contribution in [0.3, 0.4) is 0 Å². The molecule has 1 aliphatic rings.